The zero-order valence-corrected chi connectivity index (χ0v) is 13.9. The van der Waals surface area contributed by atoms with Crippen molar-refractivity contribution in [3.8, 4) is 22.8 Å². The highest BCUT2D eigenvalue weighted by Gasteiger charge is 2.15. The van der Waals surface area contributed by atoms with Gasteiger partial charge in [-0.15, -0.1) is 0 Å². The maximum Gasteiger partial charge on any atom is 0.180 e. The first kappa shape index (κ1) is 14.0. The summed E-state index contributed by atoms with van der Waals surface area (Å²) in [5.74, 6) is 1.49. The third-order valence-corrected chi connectivity index (χ3v) is 4.21. The van der Waals surface area contributed by atoms with Gasteiger partial charge < -0.3 is 5.32 Å². The molecule has 0 unspecified atom stereocenters. The molecule has 2 heterocycles. The molecule has 0 fully saturated rings. The molecule has 0 atom stereocenters. The van der Waals surface area contributed by atoms with E-state index >= 15 is 0 Å². The molecule has 6 heteroatoms. The highest BCUT2D eigenvalue weighted by atomic mass is 127. The number of aryl methyl sites for hydroxylation is 1. The SMILES string of the molecule is CNc1nc(-c2ccnn2C)nc(-c2ccccc2)c1I. The van der Waals surface area contributed by atoms with Crippen molar-refractivity contribution in [3.05, 3.63) is 46.2 Å². The quantitative estimate of drug-likeness (QED) is 0.697. The van der Waals surface area contributed by atoms with Gasteiger partial charge in [0.1, 0.15) is 11.5 Å². The number of nitrogens with one attached hydrogen (secondary N) is 1. The van der Waals surface area contributed by atoms with E-state index in [1.807, 2.05) is 38.4 Å². The monoisotopic (exact) mass is 391 g/mol. The average molecular weight is 391 g/mol. The Kier molecular flexibility index (Phi) is 3.87. The van der Waals surface area contributed by atoms with Gasteiger partial charge in [0.25, 0.3) is 0 Å². The topological polar surface area (TPSA) is 55.6 Å². The van der Waals surface area contributed by atoms with Crippen LogP contribution in [0, 0.1) is 3.57 Å². The van der Waals surface area contributed by atoms with Crippen LogP contribution in [0.1, 0.15) is 0 Å². The lowest BCUT2D eigenvalue weighted by atomic mass is 10.1. The Morgan fingerprint density at radius 2 is 1.86 bits per heavy atom. The molecule has 21 heavy (non-hydrogen) atoms. The van der Waals surface area contributed by atoms with E-state index in [9.17, 15) is 0 Å². The third kappa shape index (κ3) is 2.63. The minimum absolute atomic E-state index is 0.665. The highest BCUT2D eigenvalue weighted by Crippen LogP contribution is 2.30. The summed E-state index contributed by atoms with van der Waals surface area (Å²) in [6.45, 7) is 0. The highest BCUT2D eigenvalue weighted by molar-refractivity contribution is 14.1. The van der Waals surface area contributed by atoms with Crippen LogP contribution in [0.25, 0.3) is 22.8 Å². The molecule has 0 saturated heterocycles. The first-order valence-electron chi connectivity index (χ1n) is 6.50. The molecule has 0 aliphatic carbocycles. The minimum Gasteiger partial charge on any atom is -0.372 e. The van der Waals surface area contributed by atoms with Crippen molar-refractivity contribution < 1.29 is 0 Å². The number of anilines is 1. The Morgan fingerprint density at radius 1 is 1.10 bits per heavy atom. The van der Waals surface area contributed by atoms with Gasteiger partial charge >= 0.3 is 0 Å². The van der Waals surface area contributed by atoms with Gasteiger partial charge in [0, 0.05) is 25.9 Å². The van der Waals surface area contributed by atoms with E-state index in [4.69, 9.17) is 4.98 Å². The van der Waals surface area contributed by atoms with Crippen LogP contribution in [0.4, 0.5) is 5.82 Å². The molecule has 0 amide bonds. The maximum absolute atomic E-state index is 4.73. The van der Waals surface area contributed by atoms with Gasteiger partial charge in [0.2, 0.25) is 0 Å². The second-order valence-corrected chi connectivity index (χ2v) is 5.59. The molecule has 5 nitrogen and oxygen atoms in total. The maximum atomic E-state index is 4.73. The van der Waals surface area contributed by atoms with E-state index in [2.05, 4.69) is 50.1 Å². The van der Waals surface area contributed by atoms with E-state index in [1.165, 1.54) is 0 Å². The summed E-state index contributed by atoms with van der Waals surface area (Å²) in [6, 6.07) is 12.0. The van der Waals surface area contributed by atoms with Crippen LogP contribution < -0.4 is 5.32 Å². The Labute approximate surface area is 136 Å². The van der Waals surface area contributed by atoms with Crippen molar-refractivity contribution in [3.63, 3.8) is 0 Å². The number of nitrogens with zero attached hydrogens (tertiary/aromatic N) is 4. The van der Waals surface area contributed by atoms with Crippen LogP contribution in [0.3, 0.4) is 0 Å². The molecule has 1 aromatic carbocycles. The van der Waals surface area contributed by atoms with Crippen molar-refractivity contribution >= 4 is 28.4 Å². The van der Waals surface area contributed by atoms with Crippen molar-refractivity contribution in [1.82, 2.24) is 19.7 Å². The summed E-state index contributed by atoms with van der Waals surface area (Å²) in [7, 11) is 3.75. The first-order chi connectivity index (χ1) is 10.2. The van der Waals surface area contributed by atoms with Gasteiger partial charge in [0.15, 0.2) is 5.82 Å². The summed E-state index contributed by atoms with van der Waals surface area (Å²) >= 11 is 2.28. The lowest BCUT2D eigenvalue weighted by molar-refractivity contribution is 0.770. The van der Waals surface area contributed by atoms with E-state index in [0.29, 0.717) is 5.82 Å². The molecule has 0 bridgehead atoms. The minimum atomic E-state index is 0.665. The number of benzene rings is 1. The molecule has 0 radical (unpaired) electrons. The Balaban J connectivity index is 2.23. The van der Waals surface area contributed by atoms with Crippen LogP contribution >= 0.6 is 22.6 Å². The van der Waals surface area contributed by atoms with Gasteiger partial charge in [-0.05, 0) is 28.7 Å². The van der Waals surface area contributed by atoms with E-state index < -0.39 is 0 Å². The first-order valence-corrected chi connectivity index (χ1v) is 7.57. The smallest absolute Gasteiger partial charge is 0.180 e. The van der Waals surface area contributed by atoms with Gasteiger partial charge in [-0.25, -0.2) is 9.97 Å². The molecule has 106 valence electrons. The second-order valence-electron chi connectivity index (χ2n) is 4.51. The molecule has 0 aliphatic rings. The van der Waals surface area contributed by atoms with Crippen LogP contribution in [-0.2, 0) is 7.05 Å². The number of aromatic nitrogens is 4. The standard InChI is InChI=1S/C15H14IN5/c1-17-15-12(16)13(10-6-4-3-5-7-10)19-14(20-15)11-8-9-18-21(11)2/h3-9H,1-2H3,(H,17,19,20). The lowest BCUT2D eigenvalue weighted by Crippen LogP contribution is -2.05. The zero-order chi connectivity index (χ0) is 14.8. The fourth-order valence-electron chi connectivity index (χ4n) is 2.11. The van der Waals surface area contributed by atoms with Gasteiger partial charge in [-0.2, -0.15) is 5.10 Å². The number of hydrogen-bond acceptors (Lipinski definition) is 4. The lowest BCUT2D eigenvalue weighted by Gasteiger charge is -2.11. The number of halogens is 1. The van der Waals surface area contributed by atoms with Gasteiger partial charge in [-0.1, -0.05) is 30.3 Å². The Morgan fingerprint density at radius 3 is 2.48 bits per heavy atom. The van der Waals surface area contributed by atoms with E-state index in [-0.39, 0.29) is 0 Å². The molecule has 3 rings (SSSR count). The van der Waals surface area contributed by atoms with Gasteiger partial charge in [0.05, 0.1) is 9.26 Å². The fraction of sp³-hybridized carbons (Fsp3) is 0.133. The summed E-state index contributed by atoms with van der Waals surface area (Å²) in [6.07, 6.45) is 1.75. The van der Waals surface area contributed by atoms with Crippen LogP contribution in [0.15, 0.2) is 42.6 Å². The predicted molar refractivity (Wildman–Crippen MR) is 91.9 cm³/mol. The predicted octanol–water partition coefficient (Wildman–Crippen LogP) is 3.19. The zero-order valence-electron chi connectivity index (χ0n) is 11.7. The normalized spacial score (nSPS) is 10.6. The summed E-state index contributed by atoms with van der Waals surface area (Å²) < 4.78 is 2.78. The van der Waals surface area contributed by atoms with E-state index in [1.54, 1.807) is 10.9 Å². The van der Waals surface area contributed by atoms with Gasteiger partial charge in [-0.3, -0.25) is 4.68 Å². The van der Waals surface area contributed by atoms with Crippen LogP contribution in [0.2, 0.25) is 0 Å². The van der Waals surface area contributed by atoms with Crippen molar-refractivity contribution in [1.29, 1.82) is 0 Å². The summed E-state index contributed by atoms with van der Waals surface area (Å²) in [5.41, 5.74) is 2.89. The van der Waals surface area contributed by atoms with Crippen LogP contribution in [0.5, 0.6) is 0 Å². The largest absolute Gasteiger partial charge is 0.372 e. The molecule has 1 N–H and O–H groups in total. The van der Waals surface area contributed by atoms with E-state index in [0.717, 1.165) is 26.3 Å². The molecule has 0 spiro atoms. The molecule has 2 aromatic heterocycles. The second kappa shape index (κ2) is 5.80. The summed E-state index contributed by atoms with van der Waals surface area (Å²) in [4.78, 5) is 9.32. The molecule has 3 aromatic rings. The fourth-order valence-corrected chi connectivity index (χ4v) is 2.93. The third-order valence-electron chi connectivity index (χ3n) is 3.19. The van der Waals surface area contributed by atoms with Crippen molar-refractivity contribution in [2.24, 2.45) is 7.05 Å². The Bertz CT molecular complexity index is 767. The van der Waals surface area contributed by atoms with Crippen LogP contribution in [-0.4, -0.2) is 26.8 Å². The molecular formula is C15H14IN5. The molecular weight excluding hydrogens is 377 g/mol. The van der Waals surface area contributed by atoms with Crippen molar-refractivity contribution in [2.45, 2.75) is 0 Å². The average Bonchev–Trinajstić information content (AvgIpc) is 2.94. The number of rotatable bonds is 3. The van der Waals surface area contributed by atoms with Crippen molar-refractivity contribution in [2.75, 3.05) is 12.4 Å². The Hall–Kier alpha value is -1.96. The summed E-state index contributed by atoms with van der Waals surface area (Å²) in [5, 5.41) is 7.33. The number of hydrogen-bond donors (Lipinski definition) is 1. The molecule has 0 aliphatic heterocycles. The molecule has 0 saturated carbocycles.